The molecule has 2 aliphatic rings. The highest BCUT2D eigenvalue weighted by Crippen LogP contribution is 2.27. The lowest BCUT2D eigenvalue weighted by Crippen LogP contribution is -2.40. The van der Waals surface area contributed by atoms with Gasteiger partial charge in [-0.1, -0.05) is 6.92 Å². The average Bonchev–Trinajstić information content (AvgIpc) is 2.31. The SMILES string of the molecule is CC1CCC(N(C)CC2CCNCC2)CC1. The first-order chi connectivity index (χ1) is 7.75. The largest absolute Gasteiger partial charge is 0.317 e. The van der Waals surface area contributed by atoms with E-state index in [1.54, 1.807) is 0 Å². The molecule has 1 aliphatic heterocycles. The molecule has 0 radical (unpaired) electrons. The van der Waals surface area contributed by atoms with E-state index >= 15 is 0 Å². The third-order valence-corrected chi connectivity index (χ3v) is 4.61. The average molecular weight is 224 g/mol. The van der Waals surface area contributed by atoms with Crippen LogP contribution in [0, 0.1) is 11.8 Å². The molecule has 0 atom stereocenters. The maximum absolute atomic E-state index is 3.45. The monoisotopic (exact) mass is 224 g/mol. The molecule has 1 heterocycles. The zero-order valence-corrected chi connectivity index (χ0v) is 11.0. The topological polar surface area (TPSA) is 15.3 Å². The van der Waals surface area contributed by atoms with E-state index in [9.17, 15) is 0 Å². The molecular formula is C14H28N2. The van der Waals surface area contributed by atoms with Gasteiger partial charge < -0.3 is 10.2 Å². The zero-order valence-electron chi connectivity index (χ0n) is 11.0. The lowest BCUT2D eigenvalue weighted by atomic mass is 9.86. The molecule has 1 N–H and O–H groups in total. The summed E-state index contributed by atoms with van der Waals surface area (Å²) in [5.41, 5.74) is 0. The van der Waals surface area contributed by atoms with Gasteiger partial charge in [0.25, 0.3) is 0 Å². The Kier molecular flexibility index (Phi) is 4.66. The Balaban J connectivity index is 1.72. The van der Waals surface area contributed by atoms with Crippen LogP contribution in [0.2, 0.25) is 0 Å². The van der Waals surface area contributed by atoms with E-state index in [-0.39, 0.29) is 0 Å². The molecule has 16 heavy (non-hydrogen) atoms. The second-order valence-corrected chi connectivity index (χ2v) is 6.05. The first-order valence-electron chi connectivity index (χ1n) is 7.16. The van der Waals surface area contributed by atoms with Crippen LogP contribution in [0.4, 0.5) is 0 Å². The van der Waals surface area contributed by atoms with Crippen molar-refractivity contribution in [3.8, 4) is 0 Å². The minimum Gasteiger partial charge on any atom is -0.317 e. The Morgan fingerprint density at radius 2 is 1.62 bits per heavy atom. The Hall–Kier alpha value is -0.0800. The molecule has 0 amide bonds. The summed E-state index contributed by atoms with van der Waals surface area (Å²) in [5, 5.41) is 3.45. The molecule has 1 aliphatic carbocycles. The molecule has 0 aromatic carbocycles. The number of nitrogens with zero attached hydrogens (tertiary/aromatic N) is 1. The fraction of sp³-hybridized carbons (Fsp3) is 1.00. The van der Waals surface area contributed by atoms with E-state index in [0.717, 1.165) is 17.9 Å². The molecule has 2 heteroatoms. The van der Waals surface area contributed by atoms with Crippen LogP contribution in [0.15, 0.2) is 0 Å². The smallest absolute Gasteiger partial charge is 0.00925 e. The van der Waals surface area contributed by atoms with Crippen LogP contribution in [0.1, 0.15) is 45.4 Å². The van der Waals surface area contributed by atoms with Gasteiger partial charge in [0.1, 0.15) is 0 Å². The minimum absolute atomic E-state index is 0.881. The van der Waals surface area contributed by atoms with Gasteiger partial charge in [-0.3, -0.25) is 0 Å². The molecule has 0 aromatic heterocycles. The van der Waals surface area contributed by atoms with Crippen molar-refractivity contribution < 1.29 is 0 Å². The highest BCUT2D eigenvalue weighted by Gasteiger charge is 2.24. The van der Waals surface area contributed by atoms with Gasteiger partial charge in [0.2, 0.25) is 0 Å². The van der Waals surface area contributed by atoms with Crippen LogP contribution in [-0.4, -0.2) is 37.6 Å². The molecule has 0 bridgehead atoms. The molecule has 0 unspecified atom stereocenters. The van der Waals surface area contributed by atoms with Crippen molar-refractivity contribution in [2.24, 2.45) is 11.8 Å². The van der Waals surface area contributed by atoms with Gasteiger partial charge in [-0.05, 0) is 70.5 Å². The number of piperidine rings is 1. The van der Waals surface area contributed by atoms with E-state index in [1.807, 2.05) is 0 Å². The van der Waals surface area contributed by atoms with E-state index in [0.29, 0.717) is 0 Å². The van der Waals surface area contributed by atoms with Gasteiger partial charge in [0, 0.05) is 12.6 Å². The standard InChI is InChI=1S/C14H28N2/c1-12-3-5-14(6-4-12)16(2)11-13-7-9-15-10-8-13/h12-15H,3-11H2,1-2H3. The summed E-state index contributed by atoms with van der Waals surface area (Å²) in [6.07, 6.45) is 8.52. The molecule has 0 aromatic rings. The first-order valence-corrected chi connectivity index (χ1v) is 7.16. The fourth-order valence-electron chi connectivity index (χ4n) is 3.30. The van der Waals surface area contributed by atoms with E-state index < -0.39 is 0 Å². The summed E-state index contributed by atoms with van der Waals surface area (Å²) < 4.78 is 0. The molecule has 1 saturated heterocycles. The zero-order chi connectivity index (χ0) is 11.4. The van der Waals surface area contributed by atoms with Crippen molar-refractivity contribution >= 4 is 0 Å². The third-order valence-electron chi connectivity index (χ3n) is 4.61. The predicted octanol–water partition coefficient (Wildman–Crippen LogP) is 2.50. The molecule has 2 rings (SSSR count). The second kappa shape index (κ2) is 6.02. The molecule has 0 spiro atoms. The number of rotatable bonds is 3. The van der Waals surface area contributed by atoms with E-state index in [1.165, 1.54) is 58.2 Å². The molecule has 2 fully saturated rings. The Bertz CT molecular complexity index is 191. The van der Waals surface area contributed by atoms with Crippen LogP contribution in [0.5, 0.6) is 0 Å². The summed E-state index contributed by atoms with van der Waals surface area (Å²) in [7, 11) is 2.35. The van der Waals surface area contributed by atoms with E-state index in [2.05, 4.69) is 24.2 Å². The van der Waals surface area contributed by atoms with Gasteiger partial charge in [-0.2, -0.15) is 0 Å². The molecule has 1 saturated carbocycles. The normalized spacial score (nSPS) is 33.2. The van der Waals surface area contributed by atoms with Crippen LogP contribution < -0.4 is 5.32 Å². The van der Waals surface area contributed by atoms with Crippen LogP contribution in [0.25, 0.3) is 0 Å². The summed E-state index contributed by atoms with van der Waals surface area (Å²) in [6, 6.07) is 0.881. The van der Waals surface area contributed by atoms with Gasteiger partial charge in [-0.15, -0.1) is 0 Å². The molecule has 94 valence electrons. The quantitative estimate of drug-likeness (QED) is 0.792. The third kappa shape index (κ3) is 3.46. The maximum atomic E-state index is 3.45. The van der Waals surface area contributed by atoms with Crippen LogP contribution in [0.3, 0.4) is 0 Å². The summed E-state index contributed by atoms with van der Waals surface area (Å²) >= 11 is 0. The van der Waals surface area contributed by atoms with Crippen molar-refractivity contribution in [3.63, 3.8) is 0 Å². The lowest BCUT2D eigenvalue weighted by molar-refractivity contribution is 0.139. The summed E-state index contributed by atoms with van der Waals surface area (Å²) in [5.74, 6) is 1.93. The van der Waals surface area contributed by atoms with E-state index in [4.69, 9.17) is 0 Å². The Morgan fingerprint density at radius 3 is 2.25 bits per heavy atom. The van der Waals surface area contributed by atoms with Gasteiger partial charge in [0.05, 0.1) is 0 Å². The first kappa shape index (κ1) is 12.4. The number of nitrogens with one attached hydrogen (secondary N) is 1. The van der Waals surface area contributed by atoms with Crippen LogP contribution in [-0.2, 0) is 0 Å². The summed E-state index contributed by atoms with van der Waals surface area (Å²) in [6.45, 7) is 6.21. The van der Waals surface area contributed by atoms with Gasteiger partial charge in [-0.25, -0.2) is 0 Å². The van der Waals surface area contributed by atoms with Crippen molar-refractivity contribution in [2.45, 2.75) is 51.5 Å². The van der Waals surface area contributed by atoms with Crippen molar-refractivity contribution in [2.75, 3.05) is 26.7 Å². The van der Waals surface area contributed by atoms with Crippen molar-refractivity contribution in [3.05, 3.63) is 0 Å². The fourth-order valence-corrected chi connectivity index (χ4v) is 3.30. The molecular weight excluding hydrogens is 196 g/mol. The predicted molar refractivity (Wildman–Crippen MR) is 69.6 cm³/mol. The van der Waals surface area contributed by atoms with Crippen molar-refractivity contribution in [1.29, 1.82) is 0 Å². The lowest BCUT2D eigenvalue weighted by Gasteiger charge is -2.36. The molecule has 2 nitrogen and oxygen atoms in total. The van der Waals surface area contributed by atoms with Gasteiger partial charge >= 0.3 is 0 Å². The minimum atomic E-state index is 0.881. The number of hydrogen-bond donors (Lipinski definition) is 1. The Morgan fingerprint density at radius 1 is 1.00 bits per heavy atom. The highest BCUT2D eigenvalue weighted by molar-refractivity contribution is 4.79. The van der Waals surface area contributed by atoms with Gasteiger partial charge in [0.15, 0.2) is 0 Å². The highest BCUT2D eigenvalue weighted by atomic mass is 15.1. The maximum Gasteiger partial charge on any atom is 0.00925 e. The van der Waals surface area contributed by atoms with Crippen LogP contribution >= 0.6 is 0 Å². The van der Waals surface area contributed by atoms with Crippen molar-refractivity contribution in [1.82, 2.24) is 10.2 Å². The second-order valence-electron chi connectivity index (χ2n) is 6.05. The number of hydrogen-bond acceptors (Lipinski definition) is 2. The summed E-state index contributed by atoms with van der Waals surface area (Å²) in [4.78, 5) is 2.65. The Labute approximate surface area is 101 Å².